The number of fused-ring (bicyclic) bond motifs is 3. The third kappa shape index (κ3) is 9.88. The Balaban J connectivity index is 1.60. The number of likely N-dealkylation sites (N-methyl/N-ethyl adjacent to an activating group) is 1. The van der Waals surface area contributed by atoms with Crippen molar-refractivity contribution in [3.05, 3.63) is 82.5 Å². The van der Waals surface area contributed by atoms with Crippen LogP contribution in [0.2, 0.25) is 0 Å². The molecule has 3 aromatic rings. The van der Waals surface area contributed by atoms with E-state index in [-0.39, 0.29) is 30.9 Å². The SMILES string of the molecule is Cc1ccc(C(F)(F)F)c2c1Sc1ncccc1CNC(CCCN)C(=O)NC(CCCCN)C(=O)N(C)C(CC1CNc3ccccc31)C(=O)NC2. The molecule has 2 aromatic carbocycles. The van der Waals surface area contributed by atoms with Crippen molar-refractivity contribution in [1.82, 2.24) is 25.8 Å². The van der Waals surface area contributed by atoms with Crippen LogP contribution in [-0.4, -0.2) is 72.4 Å². The number of alkyl halides is 3. The topological polar surface area (TPSA) is 167 Å². The predicted octanol–water partition coefficient (Wildman–Crippen LogP) is 4.43. The molecule has 5 rings (SSSR count). The number of hydrogen-bond donors (Lipinski definition) is 6. The monoisotopic (exact) mass is 754 g/mol. The Bertz CT molecular complexity index is 1760. The Hall–Kier alpha value is -4.18. The first kappa shape index (κ1) is 40.0. The number of halogens is 3. The quantitative estimate of drug-likeness (QED) is 0.173. The maximum atomic E-state index is 14.6. The van der Waals surface area contributed by atoms with Crippen molar-refractivity contribution in [2.45, 2.75) is 98.7 Å². The summed E-state index contributed by atoms with van der Waals surface area (Å²) in [6.45, 7) is 2.71. The fourth-order valence-corrected chi connectivity index (χ4v) is 8.06. The number of anilines is 1. The minimum absolute atomic E-state index is 0.0948. The second-order valence-electron chi connectivity index (χ2n) is 13.6. The molecular formula is C38H49F3N8O3S. The average Bonchev–Trinajstić information content (AvgIpc) is 3.55. The van der Waals surface area contributed by atoms with Gasteiger partial charge in [-0.25, -0.2) is 4.98 Å². The number of aromatic nitrogens is 1. The fraction of sp³-hybridized carbons (Fsp3) is 0.474. The largest absolute Gasteiger partial charge is 0.416 e. The molecule has 11 nitrogen and oxygen atoms in total. The van der Waals surface area contributed by atoms with Gasteiger partial charge in [0, 0.05) is 49.4 Å². The zero-order valence-corrected chi connectivity index (χ0v) is 30.9. The number of carbonyl (C=O) groups is 3. The molecule has 0 spiro atoms. The number of para-hydroxylation sites is 1. The van der Waals surface area contributed by atoms with E-state index in [0.29, 0.717) is 66.4 Å². The summed E-state index contributed by atoms with van der Waals surface area (Å²) in [7, 11) is 1.51. The van der Waals surface area contributed by atoms with Crippen molar-refractivity contribution in [1.29, 1.82) is 0 Å². The second-order valence-corrected chi connectivity index (χ2v) is 14.6. The summed E-state index contributed by atoms with van der Waals surface area (Å²) in [5.74, 6) is -1.65. The highest BCUT2D eigenvalue weighted by Gasteiger charge is 2.38. The number of unbranched alkanes of at least 4 members (excludes halogenated alkanes) is 1. The maximum absolute atomic E-state index is 14.6. The Morgan fingerprint density at radius 3 is 2.42 bits per heavy atom. The van der Waals surface area contributed by atoms with Crippen molar-refractivity contribution in [2.24, 2.45) is 11.5 Å². The van der Waals surface area contributed by atoms with Crippen molar-refractivity contribution < 1.29 is 27.6 Å². The molecule has 286 valence electrons. The number of nitrogens with zero attached hydrogens (tertiary/aromatic N) is 2. The zero-order valence-electron chi connectivity index (χ0n) is 30.1. The van der Waals surface area contributed by atoms with E-state index in [2.05, 4.69) is 26.3 Å². The number of amides is 3. The zero-order chi connectivity index (χ0) is 38.1. The molecule has 1 aromatic heterocycles. The summed E-state index contributed by atoms with van der Waals surface area (Å²) in [4.78, 5) is 48.8. The van der Waals surface area contributed by atoms with Gasteiger partial charge in [0.1, 0.15) is 17.1 Å². The van der Waals surface area contributed by atoms with Crippen LogP contribution in [0.5, 0.6) is 0 Å². The summed E-state index contributed by atoms with van der Waals surface area (Å²) in [5, 5.41) is 12.9. The average molecular weight is 755 g/mol. The van der Waals surface area contributed by atoms with Crippen molar-refractivity contribution in [2.75, 3.05) is 32.0 Å². The fourth-order valence-electron chi connectivity index (χ4n) is 6.95. The third-order valence-electron chi connectivity index (χ3n) is 9.93. The Kier molecular flexibility index (Phi) is 13.8. The van der Waals surface area contributed by atoms with Gasteiger partial charge in [0.15, 0.2) is 0 Å². The summed E-state index contributed by atoms with van der Waals surface area (Å²) in [6, 6.07) is 10.9. The first-order chi connectivity index (χ1) is 25.4. The second kappa shape index (κ2) is 18.2. The van der Waals surface area contributed by atoms with E-state index < -0.39 is 54.1 Å². The number of hydrogen-bond acceptors (Lipinski definition) is 9. The molecule has 4 unspecified atom stereocenters. The molecule has 53 heavy (non-hydrogen) atoms. The molecule has 0 bridgehead atoms. The van der Waals surface area contributed by atoms with Crippen molar-refractivity contribution >= 4 is 35.2 Å². The summed E-state index contributed by atoms with van der Waals surface area (Å²) < 4.78 is 43.8. The highest BCUT2D eigenvalue weighted by Crippen LogP contribution is 2.41. The van der Waals surface area contributed by atoms with E-state index in [4.69, 9.17) is 11.5 Å². The van der Waals surface area contributed by atoms with Gasteiger partial charge in [-0.1, -0.05) is 42.1 Å². The number of pyridine rings is 1. The van der Waals surface area contributed by atoms with Crippen LogP contribution in [0.15, 0.2) is 64.6 Å². The molecule has 0 saturated carbocycles. The van der Waals surface area contributed by atoms with Crippen LogP contribution >= 0.6 is 11.8 Å². The highest BCUT2D eigenvalue weighted by molar-refractivity contribution is 7.99. The third-order valence-corrected chi connectivity index (χ3v) is 11.3. The Morgan fingerprint density at radius 1 is 0.906 bits per heavy atom. The van der Waals surface area contributed by atoms with E-state index in [0.717, 1.165) is 29.1 Å². The molecule has 0 radical (unpaired) electrons. The molecule has 4 atom stereocenters. The van der Waals surface area contributed by atoms with Crippen molar-refractivity contribution in [3.63, 3.8) is 0 Å². The molecule has 8 N–H and O–H groups in total. The van der Waals surface area contributed by atoms with Gasteiger partial charge >= 0.3 is 6.18 Å². The first-order valence-electron chi connectivity index (χ1n) is 18.0. The standard InChI is InChI=1S/C38H49F3N8O3S/c1-23-14-15-28(38(39,40)41)27-22-47-35(51)32(19-25-21-45-29-11-4-3-10-26(25)29)49(2)37(52)31(12-5-6-16-42)48-34(50)30(13-7-17-43)46-20-24-9-8-18-44-36(24)53-33(23)27/h3-4,8-11,14-15,18,25,30-32,45-46H,5-7,12-13,16-17,19-22,42-43H2,1-2H3,(H,47,51)(H,48,50). The van der Waals surface area contributed by atoms with E-state index in [1.165, 1.54) is 18.0 Å². The number of carbonyl (C=O) groups excluding carboxylic acids is 3. The van der Waals surface area contributed by atoms with Crippen LogP contribution < -0.4 is 32.7 Å². The van der Waals surface area contributed by atoms with E-state index in [1.807, 2.05) is 24.3 Å². The van der Waals surface area contributed by atoms with E-state index in [9.17, 15) is 27.6 Å². The van der Waals surface area contributed by atoms with Gasteiger partial charge < -0.3 is 37.6 Å². The lowest BCUT2D eigenvalue weighted by Crippen LogP contribution is -2.57. The molecule has 0 fully saturated rings. The van der Waals surface area contributed by atoms with Gasteiger partial charge in [-0.3, -0.25) is 14.4 Å². The summed E-state index contributed by atoms with van der Waals surface area (Å²) in [6.07, 6.45) is -0.603. The molecule has 0 aliphatic carbocycles. The van der Waals surface area contributed by atoms with Crippen molar-refractivity contribution in [3.8, 4) is 0 Å². The first-order valence-corrected chi connectivity index (χ1v) is 18.9. The van der Waals surface area contributed by atoms with Crippen LogP contribution in [0.1, 0.15) is 72.3 Å². The molecular weight excluding hydrogens is 706 g/mol. The smallest absolute Gasteiger partial charge is 0.384 e. The van der Waals surface area contributed by atoms with Crippen LogP contribution in [0.25, 0.3) is 0 Å². The van der Waals surface area contributed by atoms with Crippen LogP contribution in [0.4, 0.5) is 18.9 Å². The molecule has 0 saturated heterocycles. The van der Waals surface area contributed by atoms with Crippen LogP contribution in [-0.2, 0) is 33.6 Å². The van der Waals surface area contributed by atoms with Crippen LogP contribution in [0.3, 0.4) is 0 Å². The molecule has 2 aliphatic heterocycles. The lowest BCUT2D eigenvalue weighted by atomic mass is 9.92. The van der Waals surface area contributed by atoms with Gasteiger partial charge in [-0.2, -0.15) is 13.2 Å². The number of rotatable bonds is 9. The van der Waals surface area contributed by atoms with E-state index >= 15 is 0 Å². The number of aryl methyl sites for hydroxylation is 1. The van der Waals surface area contributed by atoms with Gasteiger partial charge in [0.05, 0.1) is 11.6 Å². The normalized spacial score (nSPS) is 21.5. The van der Waals surface area contributed by atoms with E-state index in [1.54, 1.807) is 25.3 Å². The minimum atomic E-state index is -4.71. The summed E-state index contributed by atoms with van der Waals surface area (Å²) in [5.41, 5.74) is 13.8. The lowest BCUT2D eigenvalue weighted by molar-refractivity contribution is -0.142. The summed E-state index contributed by atoms with van der Waals surface area (Å²) >= 11 is 1.08. The van der Waals surface area contributed by atoms with Gasteiger partial charge in [0.25, 0.3) is 0 Å². The molecule has 2 aliphatic rings. The van der Waals surface area contributed by atoms with Crippen LogP contribution in [0, 0.1) is 6.92 Å². The number of benzene rings is 2. The Morgan fingerprint density at radius 2 is 1.66 bits per heavy atom. The molecule has 15 heteroatoms. The molecule has 3 heterocycles. The number of nitrogens with two attached hydrogens (primary N) is 2. The Labute approximate surface area is 312 Å². The van der Waals surface area contributed by atoms with Gasteiger partial charge in [-0.15, -0.1) is 0 Å². The maximum Gasteiger partial charge on any atom is 0.416 e. The van der Waals surface area contributed by atoms with Gasteiger partial charge in [0.2, 0.25) is 17.7 Å². The molecule has 3 amide bonds. The van der Waals surface area contributed by atoms with Gasteiger partial charge in [-0.05, 0) is 99.0 Å². The predicted molar refractivity (Wildman–Crippen MR) is 199 cm³/mol. The lowest BCUT2D eigenvalue weighted by Gasteiger charge is -2.33. The number of nitrogens with one attached hydrogen (secondary N) is 4. The minimum Gasteiger partial charge on any atom is -0.384 e. The highest BCUT2D eigenvalue weighted by atomic mass is 32.2.